The van der Waals surface area contributed by atoms with Gasteiger partial charge < -0.3 is 15.5 Å². The molecule has 0 amide bonds. The van der Waals surface area contributed by atoms with Crippen LogP contribution in [-0.4, -0.2) is 44.2 Å². The molecule has 1 aromatic carbocycles. The Morgan fingerprint density at radius 3 is 2.85 bits per heavy atom. The molecule has 0 saturated carbocycles. The smallest absolute Gasteiger partial charge is 0.0414 e. The molecule has 20 heavy (non-hydrogen) atoms. The molecule has 0 radical (unpaired) electrons. The van der Waals surface area contributed by atoms with E-state index in [1.165, 1.54) is 24.2 Å². The summed E-state index contributed by atoms with van der Waals surface area (Å²) in [6.07, 6.45) is 3.26. The number of likely N-dealkylation sites (N-methyl/N-ethyl adjacent to an activating group) is 1. The van der Waals surface area contributed by atoms with Crippen LogP contribution in [0.4, 0.5) is 5.69 Å². The van der Waals surface area contributed by atoms with Gasteiger partial charge in [-0.25, -0.2) is 0 Å². The number of nitrogens with two attached hydrogens (primary N) is 1. The highest BCUT2D eigenvalue weighted by Gasteiger charge is 2.23. The lowest BCUT2D eigenvalue weighted by Crippen LogP contribution is -2.40. The third-order valence-corrected chi connectivity index (χ3v) is 4.37. The van der Waals surface area contributed by atoms with Gasteiger partial charge in [-0.1, -0.05) is 18.5 Å². The molecule has 1 aromatic rings. The van der Waals surface area contributed by atoms with Crippen LogP contribution in [0.5, 0.6) is 0 Å². The van der Waals surface area contributed by atoms with Gasteiger partial charge in [-0.05, 0) is 63.2 Å². The lowest BCUT2D eigenvalue weighted by Gasteiger charge is -2.34. The van der Waals surface area contributed by atoms with Gasteiger partial charge in [0.25, 0.3) is 0 Å². The zero-order chi connectivity index (χ0) is 14.5. The molecule has 3 nitrogen and oxygen atoms in total. The Balaban J connectivity index is 2.31. The second kappa shape index (κ2) is 7.30. The average molecular weight is 296 g/mol. The quantitative estimate of drug-likeness (QED) is 0.927. The second-order valence-electron chi connectivity index (χ2n) is 5.68. The van der Waals surface area contributed by atoms with Crippen molar-refractivity contribution in [1.29, 1.82) is 0 Å². The molecular weight excluding hydrogens is 270 g/mol. The molecule has 112 valence electrons. The van der Waals surface area contributed by atoms with Gasteiger partial charge in [0.05, 0.1) is 0 Å². The highest BCUT2D eigenvalue weighted by molar-refractivity contribution is 6.30. The van der Waals surface area contributed by atoms with Crippen LogP contribution in [0.2, 0.25) is 5.02 Å². The first kappa shape index (κ1) is 15.6. The van der Waals surface area contributed by atoms with E-state index >= 15 is 0 Å². The minimum atomic E-state index is 0.570. The summed E-state index contributed by atoms with van der Waals surface area (Å²) < 4.78 is 0. The van der Waals surface area contributed by atoms with Crippen molar-refractivity contribution in [1.82, 2.24) is 4.90 Å². The van der Waals surface area contributed by atoms with E-state index in [2.05, 4.69) is 35.9 Å². The van der Waals surface area contributed by atoms with E-state index in [1.807, 2.05) is 6.07 Å². The maximum absolute atomic E-state index is 6.15. The maximum atomic E-state index is 6.15. The summed E-state index contributed by atoms with van der Waals surface area (Å²) in [5, 5.41) is 0.803. The summed E-state index contributed by atoms with van der Waals surface area (Å²) in [4.78, 5) is 5.00. The van der Waals surface area contributed by atoms with Crippen LogP contribution in [-0.2, 0) is 6.42 Å². The molecule has 0 bridgehead atoms. The minimum Gasteiger partial charge on any atom is -0.367 e. The van der Waals surface area contributed by atoms with Crippen molar-refractivity contribution in [3.8, 4) is 0 Å². The highest BCUT2D eigenvalue weighted by atomic mass is 35.5. The van der Waals surface area contributed by atoms with Gasteiger partial charge in [0.2, 0.25) is 0 Å². The summed E-state index contributed by atoms with van der Waals surface area (Å²) >= 11 is 6.15. The van der Waals surface area contributed by atoms with Crippen molar-refractivity contribution in [2.45, 2.75) is 32.2 Å². The predicted octanol–water partition coefficient (Wildman–Crippen LogP) is 2.76. The molecule has 1 saturated heterocycles. The fourth-order valence-electron chi connectivity index (χ4n) is 3.10. The lowest BCUT2D eigenvalue weighted by molar-refractivity contribution is 0.328. The van der Waals surface area contributed by atoms with E-state index < -0.39 is 0 Å². The van der Waals surface area contributed by atoms with Gasteiger partial charge in [-0.3, -0.25) is 0 Å². The number of hydrogen-bond donors (Lipinski definition) is 1. The van der Waals surface area contributed by atoms with Crippen molar-refractivity contribution in [3.63, 3.8) is 0 Å². The molecule has 0 aromatic heterocycles. The number of nitrogens with zero attached hydrogens (tertiary/aromatic N) is 2. The Bertz CT molecular complexity index is 436. The number of hydrogen-bond acceptors (Lipinski definition) is 3. The minimum absolute atomic E-state index is 0.570. The molecule has 0 spiro atoms. The standard InChI is InChI=1S/C16H26ClN3/c1-3-15-12-19(2)9-4-10-20(15)16-6-5-14(17)11-13(16)7-8-18/h5-6,11,15H,3-4,7-10,12,18H2,1-2H3. The Kier molecular flexibility index (Phi) is 5.70. The Morgan fingerprint density at radius 2 is 2.15 bits per heavy atom. The number of benzene rings is 1. The van der Waals surface area contributed by atoms with Crippen molar-refractivity contribution >= 4 is 17.3 Å². The number of rotatable bonds is 4. The maximum Gasteiger partial charge on any atom is 0.0414 e. The first-order valence-corrected chi connectivity index (χ1v) is 7.97. The largest absolute Gasteiger partial charge is 0.367 e. The van der Waals surface area contributed by atoms with E-state index in [9.17, 15) is 0 Å². The second-order valence-corrected chi connectivity index (χ2v) is 6.12. The average Bonchev–Trinajstić information content (AvgIpc) is 2.61. The van der Waals surface area contributed by atoms with Gasteiger partial charge in [0.15, 0.2) is 0 Å². The summed E-state index contributed by atoms with van der Waals surface area (Å²) in [5.74, 6) is 0. The fourth-order valence-corrected chi connectivity index (χ4v) is 3.29. The van der Waals surface area contributed by atoms with Crippen LogP contribution in [0, 0.1) is 0 Å². The van der Waals surface area contributed by atoms with Crippen LogP contribution in [0.15, 0.2) is 18.2 Å². The van der Waals surface area contributed by atoms with E-state index in [4.69, 9.17) is 17.3 Å². The molecule has 1 heterocycles. The number of anilines is 1. The van der Waals surface area contributed by atoms with Gasteiger partial charge >= 0.3 is 0 Å². The van der Waals surface area contributed by atoms with Gasteiger partial charge in [0.1, 0.15) is 0 Å². The van der Waals surface area contributed by atoms with Crippen LogP contribution in [0.3, 0.4) is 0 Å². The third-order valence-electron chi connectivity index (χ3n) is 4.14. The third kappa shape index (κ3) is 3.66. The molecule has 1 atom stereocenters. The SMILES string of the molecule is CCC1CN(C)CCCN1c1ccc(Cl)cc1CCN. The molecule has 4 heteroatoms. The topological polar surface area (TPSA) is 32.5 Å². The van der Waals surface area contributed by atoms with Gasteiger partial charge in [-0.2, -0.15) is 0 Å². The van der Waals surface area contributed by atoms with E-state index in [1.54, 1.807) is 0 Å². The molecular formula is C16H26ClN3. The summed E-state index contributed by atoms with van der Waals surface area (Å²) in [6.45, 7) is 6.35. The van der Waals surface area contributed by atoms with Crippen LogP contribution in [0.25, 0.3) is 0 Å². The van der Waals surface area contributed by atoms with Crippen LogP contribution in [0.1, 0.15) is 25.3 Å². The lowest BCUT2D eigenvalue weighted by atomic mass is 10.1. The zero-order valence-corrected chi connectivity index (χ0v) is 13.4. The van der Waals surface area contributed by atoms with Crippen LogP contribution < -0.4 is 10.6 Å². The van der Waals surface area contributed by atoms with E-state index in [-0.39, 0.29) is 0 Å². The van der Waals surface area contributed by atoms with Gasteiger partial charge in [0, 0.05) is 29.8 Å². The summed E-state index contributed by atoms with van der Waals surface area (Å²) in [7, 11) is 2.22. The molecule has 1 aliphatic rings. The van der Waals surface area contributed by atoms with Gasteiger partial charge in [-0.15, -0.1) is 0 Å². The highest BCUT2D eigenvalue weighted by Crippen LogP contribution is 2.28. The van der Waals surface area contributed by atoms with E-state index in [0.29, 0.717) is 12.6 Å². The summed E-state index contributed by atoms with van der Waals surface area (Å²) in [5.41, 5.74) is 8.36. The molecule has 1 aliphatic heterocycles. The molecule has 1 fully saturated rings. The molecule has 0 aliphatic carbocycles. The van der Waals surface area contributed by atoms with Crippen molar-refractivity contribution in [2.75, 3.05) is 38.1 Å². The first-order valence-electron chi connectivity index (χ1n) is 7.59. The Labute approximate surface area is 127 Å². The normalized spacial score (nSPS) is 21.0. The van der Waals surface area contributed by atoms with Crippen molar-refractivity contribution in [3.05, 3.63) is 28.8 Å². The molecule has 2 N–H and O–H groups in total. The molecule has 1 unspecified atom stereocenters. The van der Waals surface area contributed by atoms with E-state index in [0.717, 1.165) is 31.0 Å². The van der Waals surface area contributed by atoms with Crippen molar-refractivity contribution in [2.24, 2.45) is 5.73 Å². The summed E-state index contributed by atoms with van der Waals surface area (Å²) in [6, 6.07) is 6.81. The Morgan fingerprint density at radius 1 is 1.35 bits per heavy atom. The Hall–Kier alpha value is -0.770. The van der Waals surface area contributed by atoms with Crippen LogP contribution >= 0.6 is 11.6 Å². The monoisotopic (exact) mass is 295 g/mol. The van der Waals surface area contributed by atoms with Crippen molar-refractivity contribution < 1.29 is 0 Å². The predicted molar refractivity (Wildman–Crippen MR) is 87.7 cm³/mol. The fraction of sp³-hybridized carbons (Fsp3) is 0.625. The zero-order valence-electron chi connectivity index (χ0n) is 12.6. The first-order chi connectivity index (χ1) is 9.65. The molecule has 2 rings (SSSR count). The number of halogens is 1.